The lowest BCUT2D eigenvalue weighted by Gasteiger charge is -2.22. The number of nitrogens with one attached hydrogen (secondary N) is 3. The first-order chi connectivity index (χ1) is 13.7. The Morgan fingerprint density at radius 2 is 1.43 bits per heavy atom. The van der Waals surface area contributed by atoms with Gasteiger partial charge in [-0.1, -0.05) is 79.9 Å². The van der Waals surface area contributed by atoms with E-state index in [9.17, 15) is 9.59 Å². The molecule has 1 saturated carbocycles. The van der Waals surface area contributed by atoms with Crippen LogP contribution in [0.4, 0.5) is 4.79 Å². The summed E-state index contributed by atoms with van der Waals surface area (Å²) in [6.45, 7) is -0.126. The summed E-state index contributed by atoms with van der Waals surface area (Å²) in [7, 11) is 0. The second-order valence-electron chi connectivity index (χ2n) is 6.89. The van der Waals surface area contributed by atoms with Crippen LogP contribution in [0.15, 0.2) is 65.8 Å². The molecule has 3 amide bonds. The smallest absolute Gasteiger partial charge is 0.315 e. The number of rotatable bonds is 6. The molecule has 28 heavy (non-hydrogen) atoms. The number of hydrogen-bond donors (Lipinski definition) is 3. The van der Waals surface area contributed by atoms with Crippen molar-refractivity contribution in [1.82, 2.24) is 16.1 Å². The van der Waals surface area contributed by atoms with Crippen molar-refractivity contribution in [3.63, 3.8) is 0 Å². The van der Waals surface area contributed by atoms with E-state index < -0.39 is 0 Å². The molecule has 0 bridgehead atoms. The fourth-order valence-electron chi connectivity index (χ4n) is 3.29. The average molecular weight is 378 g/mol. The molecule has 146 valence electrons. The first-order valence-electron chi connectivity index (χ1n) is 9.74. The molecule has 0 aliphatic heterocycles. The predicted molar refractivity (Wildman–Crippen MR) is 110 cm³/mol. The molecular formula is C22H26N4O2. The predicted octanol–water partition coefficient (Wildman–Crippen LogP) is 3.19. The van der Waals surface area contributed by atoms with Crippen molar-refractivity contribution in [2.24, 2.45) is 5.10 Å². The van der Waals surface area contributed by atoms with Gasteiger partial charge < -0.3 is 10.6 Å². The van der Waals surface area contributed by atoms with Crippen molar-refractivity contribution < 1.29 is 9.59 Å². The molecule has 0 unspecified atom stereocenters. The van der Waals surface area contributed by atoms with Gasteiger partial charge in [-0.25, -0.2) is 10.2 Å². The molecule has 0 saturated heterocycles. The third-order valence-corrected chi connectivity index (χ3v) is 4.74. The second-order valence-corrected chi connectivity index (χ2v) is 6.89. The zero-order valence-electron chi connectivity index (χ0n) is 15.9. The van der Waals surface area contributed by atoms with Gasteiger partial charge in [-0.15, -0.1) is 0 Å². The summed E-state index contributed by atoms with van der Waals surface area (Å²) in [6.07, 6.45) is 5.51. The van der Waals surface area contributed by atoms with Crippen LogP contribution in [0.2, 0.25) is 0 Å². The molecule has 1 fully saturated rings. The van der Waals surface area contributed by atoms with Gasteiger partial charge in [0.25, 0.3) is 5.91 Å². The van der Waals surface area contributed by atoms with Crippen LogP contribution in [0.25, 0.3) is 0 Å². The summed E-state index contributed by atoms with van der Waals surface area (Å²) >= 11 is 0. The van der Waals surface area contributed by atoms with E-state index in [1.807, 2.05) is 60.7 Å². The Hall–Kier alpha value is -3.15. The Kier molecular flexibility index (Phi) is 7.18. The normalized spacial score (nSPS) is 14.0. The molecule has 2 aromatic carbocycles. The van der Waals surface area contributed by atoms with Gasteiger partial charge in [0.2, 0.25) is 0 Å². The molecule has 1 aliphatic rings. The number of carbonyl (C=O) groups is 2. The summed E-state index contributed by atoms with van der Waals surface area (Å²) in [5.41, 5.74) is 5.01. The monoisotopic (exact) mass is 378 g/mol. The highest BCUT2D eigenvalue weighted by Crippen LogP contribution is 2.17. The molecule has 0 spiro atoms. The van der Waals surface area contributed by atoms with Crippen LogP contribution in [0, 0.1) is 0 Å². The van der Waals surface area contributed by atoms with Crippen LogP contribution in [-0.4, -0.2) is 30.2 Å². The topological polar surface area (TPSA) is 82.6 Å². The van der Waals surface area contributed by atoms with E-state index in [1.54, 1.807) is 0 Å². The van der Waals surface area contributed by atoms with Crippen LogP contribution >= 0.6 is 0 Å². The maximum Gasteiger partial charge on any atom is 0.315 e. The highest BCUT2D eigenvalue weighted by Gasteiger charge is 2.16. The van der Waals surface area contributed by atoms with Crippen LogP contribution in [-0.2, 0) is 4.79 Å². The average Bonchev–Trinajstić information content (AvgIpc) is 2.75. The van der Waals surface area contributed by atoms with Crippen molar-refractivity contribution in [2.75, 3.05) is 6.54 Å². The quantitative estimate of drug-likeness (QED) is 0.533. The molecule has 3 rings (SSSR count). The standard InChI is InChI=1S/C22H26N4O2/c27-20(16-23-22(28)24-19-14-8-3-9-15-19)25-26-21(17-10-4-1-5-11-17)18-12-6-2-7-13-18/h1-2,4-7,10-13,19H,3,8-9,14-16H2,(H,25,27)(H2,23,24,28). The summed E-state index contributed by atoms with van der Waals surface area (Å²) in [6, 6.07) is 19.2. The van der Waals surface area contributed by atoms with Gasteiger partial charge in [-0.3, -0.25) is 4.79 Å². The number of carbonyl (C=O) groups excluding carboxylic acids is 2. The van der Waals surface area contributed by atoms with Crippen molar-refractivity contribution >= 4 is 17.6 Å². The number of urea groups is 1. The van der Waals surface area contributed by atoms with Crippen LogP contribution < -0.4 is 16.1 Å². The van der Waals surface area contributed by atoms with E-state index >= 15 is 0 Å². The lowest BCUT2D eigenvalue weighted by atomic mass is 9.96. The van der Waals surface area contributed by atoms with Crippen LogP contribution in [0.3, 0.4) is 0 Å². The Morgan fingerprint density at radius 3 is 2.00 bits per heavy atom. The lowest BCUT2D eigenvalue weighted by molar-refractivity contribution is -0.120. The van der Waals surface area contributed by atoms with Gasteiger partial charge in [0.15, 0.2) is 0 Å². The number of hydrogen-bond acceptors (Lipinski definition) is 3. The van der Waals surface area contributed by atoms with E-state index in [0.29, 0.717) is 5.71 Å². The highest BCUT2D eigenvalue weighted by atomic mass is 16.2. The van der Waals surface area contributed by atoms with Gasteiger partial charge in [0, 0.05) is 17.2 Å². The highest BCUT2D eigenvalue weighted by molar-refractivity contribution is 6.13. The third-order valence-electron chi connectivity index (χ3n) is 4.74. The Morgan fingerprint density at radius 1 is 0.857 bits per heavy atom. The third kappa shape index (κ3) is 5.94. The SMILES string of the molecule is O=C(CNC(=O)NC1CCCCC1)NN=C(c1ccccc1)c1ccccc1. The largest absolute Gasteiger partial charge is 0.335 e. The van der Waals surface area contributed by atoms with Crippen LogP contribution in [0.1, 0.15) is 43.2 Å². The van der Waals surface area contributed by atoms with E-state index in [-0.39, 0.29) is 24.5 Å². The summed E-state index contributed by atoms with van der Waals surface area (Å²) < 4.78 is 0. The summed E-state index contributed by atoms with van der Waals surface area (Å²) in [4.78, 5) is 24.1. The van der Waals surface area contributed by atoms with E-state index in [4.69, 9.17) is 0 Å². The molecule has 0 radical (unpaired) electrons. The lowest BCUT2D eigenvalue weighted by Crippen LogP contribution is -2.45. The molecule has 2 aromatic rings. The zero-order chi connectivity index (χ0) is 19.6. The van der Waals surface area contributed by atoms with E-state index in [0.717, 1.165) is 36.8 Å². The Bertz CT molecular complexity index is 758. The first kappa shape index (κ1) is 19.6. The van der Waals surface area contributed by atoms with Crippen molar-refractivity contribution in [3.05, 3.63) is 71.8 Å². The second kappa shape index (κ2) is 10.3. The molecule has 0 atom stereocenters. The molecule has 3 N–H and O–H groups in total. The maximum absolute atomic E-state index is 12.1. The summed E-state index contributed by atoms with van der Waals surface area (Å²) in [5.74, 6) is -0.372. The maximum atomic E-state index is 12.1. The fraction of sp³-hybridized carbons (Fsp3) is 0.318. The molecule has 0 heterocycles. The van der Waals surface area contributed by atoms with Crippen molar-refractivity contribution in [1.29, 1.82) is 0 Å². The molecule has 6 heteroatoms. The van der Waals surface area contributed by atoms with Gasteiger partial charge in [-0.05, 0) is 12.8 Å². The zero-order valence-corrected chi connectivity index (χ0v) is 15.9. The minimum atomic E-state index is -0.372. The van der Waals surface area contributed by atoms with Gasteiger partial charge in [-0.2, -0.15) is 5.10 Å². The van der Waals surface area contributed by atoms with E-state index in [2.05, 4.69) is 21.2 Å². The van der Waals surface area contributed by atoms with Crippen molar-refractivity contribution in [2.45, 2.75) is 38.1 Å². The minimum Gasteiger partial charge on any atom is -0.335 e. The van der Waals surface area contributed by atoms with Gasteiger partial charge >= 0.3 is 6.03 Å². The molecule has 0 aromatic heterocycles. The van der Waals surface area contributed by atoms with E-state index in [1.165, 1.54) is 6.42 Å². The number of nitrogens with zero attached hydrogens (tertiary/aromatic N) is 1. The van der Waals surface area contributed by atoms with Crippen molar-refractivity contribution in [3.8, 4) is 0 Å². The number of benzene rings is 2. The van der Waals surface area contributed by atoms with Gasteiger partial charge in [0.1, 0.15) is 6.54 Å². The minimum absolute atomic E-state index is 0.126. The Balaban J connectivity index is 1.56. The molecule has 1 aliphatic carbocycles. The first-order valence-corrected chi connectivity index (χ1v) is 9.74. The van der Waals surface area contributed by atoms with Gasteiger partial charge in [0.05, 0.1) is 5.71 Å². The fourth-order valence-corrected chi connectivity index (χ4v) is 3.29. The van der Waals surface area contributed by atoms with Crippen LogP contribution in [0.5, 0.6) is 0 Å². The number of hydrazone groups is 1. The number of amides is 3. The molecular weight excluding hydrogens is 352 g/mol. The molecule has 6 nitrogen and oxygen atoms in total. The Labute approximate surface area is 165 Å². The summed E-state index contributed by atoms with van der Waals surface area (Å²) in [5, 5.41) is 9.83.